The number of methoxy groups -OCH3 is 1. The standard InChI is InChI=1S/C16H17NO2S.C15H15NO2S.2C2H6.ClH/c1-19-16(18)15(12-5-3-2-4-6-12)17-9-7-14-13(11-17)8-10-20-14;17-15(18)14(11-4-2-1-3-5-11)16-8-6-13-12(10-16)7-9-19-13;2*1-2;/h2-6,8,10,15H,7,9,11H2,1H3;1-5,7,9,14H,6,8,10H2,(H,17,18);2*1-2H3;1H. The van der Waals surface area contributed by atoms with E-state index in [1.54, 1.807) is 11.3 Å². The van der Waals surface area contributed by atoms with Crippen LogP contribution in [0, 0.1) is 0 Å². The first kappa shape index (κ1) is 37.2. The summed E-state index contributed by atoms with van der Waals surface area (Å²) in [5.74, 6) is -0.922. The number of benzene rings is 2. The van der Waals surface area contributed by atoms with Crippen molar-refractivity contribution in [1.29, 1.82) is 0 Å². The summed E-state index contributed by atoms with van der Waals surface area (Å²) in [5.41, 5.74) is 4.54. The molecule has 0 fully saturated rings. The van der Waals surface area contributed by atoms with Crippen LogP contribution in [0.1, 0.15) is 71.8 Å². The Morgan fingerprint density at radius 1 is 0.818 bits per heavy atom. The van der Waals surface area contributed by atoms with Crippen molar-refractivity contribution in [2.45, 2.75) is 65.7 Å². The number of esters is 1. The van der Waals surface area contributed by atoms with Gasteiger partial charge in [-0.15, -0.1) is 22.7 Å². The lowest BCUT2D eigenvalue weighted by Crippen LogP contribution is -3.12. The monoisotopic (exact) mass is 656 g/mol. The second-order valence-electron chi connectivity index (χ2n) is 9.81. The van der Waals surface area contributed by atoms with Gasteiger partial charge in [0.05, 0.1) is 13.7 Å². The number of quaternary nitrogens is 1. The van der Waals surface area contributed by atoms with E-state index in [9.17, 15) is 14.7 Å². The molecule has 2 aliphatic heterocycles. The summed E-state index contributed by atoms with van der Waals surface area (Å²) in [5, 5.41) is 13.8. The Kier molecular flexibility index (Phi) is 16.4. The third-order valence-electron chi connectivity index (χ3n) is 7.46. The lowest BCUT2D eigenvalue weighted by molar-refractivity contribution is -0.938. The molecule has 4 heterocycles. The van der Waals surface area contributed by atoms with Crippen molar-refractivity contribution in [2.75, 3.05) is 20.2 Å². The van der Waals surface area contributed by atoms with Crippen molar-refractivity contribution in [3.63, 3.8) is 0 Å². The van der Waals surface area contributed by atoms with E-state index in [1.807, 2.05) is 105 Å². The van der Waals surface area contributed by atoms with Crippen molar-refractivity contribution in [2.24, 2.45) is 0 Å². The largest absolute Gasteiger partial charge is 1.00 e. The van der Waals surface area contributed by atoms with Crippen LogP contribution in [0.4, 0.5) is 0 Å². The van der Waals surface area contributed by atoms with E-state index in [4.69, 9.17) is 4.74 Å². The van der Waals surface area contributed by atoms with Crippen LogP contribution in [0.5, 0.6) is 0 Å². The van der Waals surface area contributed by atoms with Gasteiger partial charge in [-0.25, -0.2) is 4.79 Å². The summed E-state index contributed by atoms with van der Waals surface area (Å²) >= 11 is 3.59. The van der Waals surface area contributed by atoms with E-state index in [0.717, 1.165) is 50.1 Å². The maximum absolute atomic E-state index is 12.2. The fourth-order valence-corrected chi connectivity index (χ4v) is 7.33. The van der Waals surface area contributed by atoms with Gasteiger partial charge in [0.15, 0.2) is 0 Å². The van der Waals surface area contributed by atoms with Crippen LogP contribution in [0.3, 0.4) is 0 Å². The molecule has 238 valence electrons. The number of nitrogens with zero attached hydrogens (tertiary/aromatic N) is 1. The minimum absolute atomic E-state index is 0. The molecule has 0 saturated carbocycles. The number of rotatable bonds is 6. The number of fused-ring (bicyclic) bond motifs is 2. The van der Waals surface area contributed by atoms with Gasteiger partial charge in [-0.05, 0) is 40.4 Å². The third kappa shape index (κ3) is 9.49. The molecule has 6 nitrogen and oxygen atoms in total. The Bertz CT molecular complexity index is 1390. The zero-order valence-electron chi connectivity index (χ0n) is 26.3. The Balaban J connectivity index is 0.000000271. The highest BCUT2D eigenvalue weighted by molar-refractivity contribution is 7.10. The lowest BCUT2D eigenvalue weighted by Gasteiger charge is -2.32. The van der Waals surface area contributed by atoms with Crippen LogP contribution < -0.4 is 17.3 Å². The highest BCUT2D eigenvalue weighted by Gasteiger charge is 2.35. The summed E-state index contributed by atoms with van der Waals surface area (Å²) < 4.78 is 5.03. The predicted molar refractivity (Wildman–Crippen MR) is 177 cm³/mol. The average molecular weight is 657 g/mol. The van der Waals surface area contributed by atoms with Crippen LogP contribution in [0.15, 0.2) is 83.6 Å². The van der Waals surface area contributed by atoms with Crippen molar-refractivity contribution in [3.8, 4) is 0 Å². The summed E-state index contributed by atoms with van der Waals surface area (Å²) in [7, 11) is 1.47. The maximum Gasteiger partial charge on any atom is 0.369 e. The second-order valence-corrected chi connectivity index (χ2v) is 11.8. The highest BCUT2D eigenvalue weighted by Crippen LogP contribution is 2.30. The smallest absolute Gasteiger partial charge is 0.369 e. The molecule has 2 aliphatic rings. The number of thiophene rings is 2. The zero-order valence-corrected chi connectivity index (χ0v) is 28.7. The van der Waals surface area contributed by atoms with Gasteiger partial charge >= 0.3 is 11.9 Å². The molecular weight excluding hydrogens is 612 g/mol. The second kappa shape index (κ2) is 19.4. The number of carbonyl (C=O) groups excluding carboxylic acids is 1. The summed E-state index contributed by atoms with van der Waals surface area (Å²) in [6.45, 7) is 11.4. The van der Waals surface area contributed by atoms with Gasteiger partial charge in [-0.2, -0.15) is 0 Å². The fourth-order valence-electron chi connectivity index (χ4n) is 5.53. The van der Waals surface area contributed by atoms with Gasteiger partial charge in [-0.3, -0.25) is 9.69 Å². The molecule has 2 N–H and O–H groups in total. The molecule has 4 aromatic rings. The first-order chi connectivity index (χ1) is 21.0. The number of halogens is 1. The molecule has 0 bridgehead atoms. The molecule has 2 aromatic heterocycles. The Morgan fingerprint density at radius 2 is 1.36 bits per heavy atom. The first-order valence-corrected chi connectivity index (χ1v) is 16.9. The molecule has 44 heavy (non-hydrogen) atoms. The number of carbonyl (C=O) groups is 2. The average Bonchev–Trinajstić information content (AvgIpc) is 3.74. The minimum atomic E-state index is -0.773. The first-order valence-electron chi connectivity index (χ1n) is 15.1. The molecule has 0 spiro atoms. The van der Waals surface area contributed by atoms with Gasteiger partial charge in [-0.1, -0.05) is 88.4 Å². The number of carboxylic acid groups (broad SMARTS) is 1. The van der Waals surface area contributed by atoms with E-state index in [2.05, 4.69) is 22.9 Å². The quantitative estimate of drug-likeness (QED) is 0.311. The Morgan fingerprint density at radius 3 is 1.93 bits per heavy atom. The van der Waals surface area contributed by atoms with Crippen LogP contribution in [-0.2, 0) is 40.3 Å². The maximum atomic E-state index is 12.2. The van der Waals surface area contributed by atoms with E-state index in [1.165, 1.54) is 32.9 Å². The lowest BCUT2D eigenvalue weighted by atomic mass is 10.0. The molecule has 0 amide bonds. The number of hydrogen-bond acceptors (Lipinski definition) is 6. The Labute approximate surface area is 276 Å². The molecule has 2 aromatic carbocycles. The van der Waals surface area contributed by atoms with Crippen molar-refractivity contribution in [1.82, 2.24) is 4.90 Å². The number of aliphatic carboxylic acids is 1. The molecule has 9 heteroatoms. The van der Waals surface area contributed by atoms with Crippen LogP contribution >= 0.6 is 22.7 Å². The van der Waals surface area contributed by atoms with E-state index < -0.39 is 12.0 Å². The van der Waals surface area contributed by atoms with Gasteiger partial charge in [0.1, 0.15) is 12.6 Å². The van der Waals surface area contributed by atoms with Crippen LogP contribution in [-0.4, -0.2) is 42.1 Å². The molecule has 0 aliphatic carbocycles. The molecular formula is C35H45ClN2O4S2. The topological polar surface area (TPSA) is 71.3 Å². The van der Waals surface area contributed by atoms with Gasteiger partial charge in [0, 0.05) is 40.4 Å². The minimum Gasteiger partial charge on any atom is -1.00 e. The summed E-state index contributed by atoms with van der Waals surface area (Å²) in [6.07, 6.45) is 1.99. The number of hydrogen-bond donors (Lipinski definition) is 2. The molecule has 3 atom stereocenters. The number of carboxylic acids is 1. The number of ether oxygens (including phenoxy) is 1. The van der Waals surface area contributed by atoms with Crippen molar-refractivity contribution < 1.29 is 36.7 Å². The van der Waals surface area contributed by atoms with Gasteiger partial charge < -0.3 is 27.2 Å². The summed E-state index contributed by atoms with van der Waals surface area (Å²) in [6, 6.07) is 22.9. The molecule has 6 rings (SSSR count). The fraction of sp³-hybridized carbons (Fsp3) is 0.371. The van der Waals surface area contributed by atoms with E-state index in [-0.39, 0.29) is 24.4 Å². The third-order valence-corrected chi connectivity index (χ3v) is 9.50. The molecule has 0 radical (unpaired) electrons. The predicted octanol–water partition coefficient (Wildman–Crippen LogP) is 3.59. The van der Waals surface area contributed by atoms with Crippen molar-refractivity contribution in [3.05, 3.63) is 116 Å². The summed E-state index contributed by atoms with van der Waals surface area (Å²) in [4.78, 5) is 30.0. The van der Waals surface area contributed by atoms with Crippen LogP contribution in [0.2, 0.25) is 0 Å². The Hall–Kier alpha value is -3.01. The molecule has 0 saturated heterocycles. The normalized spacial score (nSPS) is 16.2. The number of nitrogens with one attached hydrogen (secondary N) is 1. The van der Waals surface area contributed by atoms with E-state index >= 15 is 0 Å². The zero-order chi connectivity index (χ0) is 31.2. The van der Waals surface area contributed by atoms with Gasteiger partial charge in [0.2, 0.25) is 6.04 Å². The van der Waals surface area contributed by atoms with Crippen LogP contribution in [0.25, 0.3) is 0 Å². The molecule has 3 unspecified atom stereocenters. The van der Waals surface area contributed by atoms with E-state index in [0.29, 0.717) is 0 Å². The van der Waals surface area contributed by atoms with Gasteiger partial charge in [0.25, 0.3) is 0 Å². The SMILES string of the molecule is CC.CC.COC(=O)C(c1ccccc1)[NH+]1CCc2sccc2C1.O=C(O)C(c1ccccc1)N1CCc2sccc2C1.[Cl-]. The van der Waals surface area contributed by atoms with Crippen molar-refractivity contribution >= 4 is 34.6 Å². The highest BCUT2D eigenvalue weighted by atomic mass is 35.5.